The van der Waals surface area contributed by atoms with E-state index < -0.39 is 0 Å². The lowest BCUT2D eigenvalue weighted by Gasteiger charge is -2.47. The van der Waals surface area contributed by atoms with Crippen LogP contribution < -0.4 is 10.1 Å². The summed E-state index contributed by atoms with van der Waals surface area (Å²) in [7, 11) is 0. The molecule has 2 aromatic rings. The Morgan fingerprint density at radius 2 is 1.96 bits per heavy atom. The van der Waals surface area contributed by atoms with E-state index in [2.05, 4.69) is 31.3 Å². The molecule has 0 saturated carbocycles. The van der Waals surface area contributed by atoms with E-state index in [4.69, 9.17) is 9.73 Å². The van der Waals surface area contributed by atoms with Crippen molar-refractivity contribution in [2.75, 3.05) is 6.26 Å². The Morgan fingerprint density at radius 3 is 2.69 bits per heavy atom. The number of thioether (sulfide) groups is 1. The number of nitrogens with zero attached hydrogens (tertiary/aromatic N) is 1. The SMILES string of the molecule is CSC1=N[C@]2(C[C@@H](c3ccccc3)Oc3cc(O)ccc32)CC(C)(C)N1. The predicted molar refractivity (Wildman–Crippen MR) is 107 cm³/mol. The first-order valence-electron chi connectivity index (χ1n) is 8.88. The number of ether oxygens (including phenoxy) is 1. The third-order valence-corrected chi connectivity index (χ3v) is 5.70. The highest BCUT2D eigenvalue weighted by Crippen LogP contribution is 2.52. The van der Waals surface area contributed by atoms with Gasteiger partial charge in [-0.2, -0.15) is 0 Å². The molecule has 26 heavy (non-hydrogen) atoms. The zero-order valence-corrected chi connectivity index (χ0v) is 16.1. The van der Waals surface area contributed by atoms with Crippen LogP contribution in [-0.2, 0) is 5.54 Å². The molecule has 2 atom stereocenters. The van der Waals surface area contributed by atoms with Crippen LogP contribution in [0.2, 0.25) is 0 Å². The molecule has 5 heteroatoms. The first-order chi connectivity index (χ1) is 12.4. The molecule has 0 radical (unpaired) electrons. The molecular formula is C21H24N2O2S. The summed E-state index contributed by atoms with van der Waals surface area (Å²) >= 11 is 1.64. The van der Waals surface area contributed by atoms with Crippen LogP contribution in [-0.4, -0.2) is 22.1 Å². The van der Waals surface area contributed by atoms with E-state index in [0.29, 0.717) is 0 Å². The molecular weight excluding hydrogens is 344 g/mol. The molecule has 0 bridgehead atoms. The number of fused-ring (bicyclic) bond motifs is 2. The molecule has 0 fully saturated rings. The Labute approximate surface area is 158 Å². The normalized spacial score (nSPS) is 26.4. The maximum atomic E-state index is 10.0. The summed E-state index contributed by atoms with van der Waals surface area (Å²) in [6.07, 6.45) is 3.61. The van der Waals surface area contributed by atoms with Gasteiger partial charge in [-0.15, -0.1) is 0 Å². The number of hydrogen-bond acceptors (Lipinski definition) is 5. The van der Waals surface area contributed by atoms with Crippen molar-refractivity contribution in [2.45, 2.75) is 43.9 Å². The van der Waals surface area contributed by atoms with Crippen molar-refractivity contribution in [3.8, 4) is 11.5 Å². The Morgan fingerprint density at radius 1 is 1.19 bits per heavy atom. The standard InChI is InChI=1S/C21H24N2O2S/c1-20(2)13-21(23-19(22-20)26-3)12-18(14-7-5-4-6-8-14)25-17-11-15(24)9-10-16(17)21/h4-11,18,24H,12-13H2,1-3H3,(H,22,23)/t18-,21+/m0/s1. The van der Waals surface area contributed by atoms with Crippen LogP contribution in [0.5, 0.6) is 11.5 Å². The quantitative estimate of drug-likeness (QED) is 0.772. The zero-order chi connectivity index (χ0) is 18.4. The minimum absolute atomic E-state index is 0.0756. The van der Waals surface area contributed by atoms with Crippen LogP contribution in [0.1, 0.15) is 43.9 Å². The number of nitrogens with one attached hydrogen (secondary N) is 1. The molecule has 4 rings (SSSR count). The van der Waals surface area contributed by atoms with E-state index in [9.17, 15) is 5.11 Å². The number of amidine groups is 1. The van der Waals surface area contributed by atoms with Gasteiger partial charge in [0.15, 0.2) is 5.17 Å². The molecule has 0 amide bonds. The van der Waals surface area contributed by atoms with Gasteiger partial charge in [-0.05, 0) is 44.2 Å². The lowest BCUT2D eigenvalue weighted by Crippen LogP contribution is -2.53. The second-order valence-electron chi connectivity index (χ2n) is 7.74. The van der Waals surface area contributed by atoms with E-state index in [1.807, 2.05) is 30.5 Å². The molecule has 0 unspecified atom stereocenters. The Kier molecular flexibility index (Phi) is 4.14. The highest BCUT2D eigenvalue weighted by atomic mass is 32.2. The summed E-state index contributed by atoms with van der Waals surface area (Å²) in [5.74, 6) is 0.946. The second kappa shape index (κ2) is 6.23. The molecule has 4 nitrogen and oxygen atoms in total. The summed E-state index contributed by atoms with van der Waals surface area (Å²) in [5.41, 5.74) is 1.75. The molecule has 0 aromatic heterocycles. The monoisotopic (exact) mass is 368 g/mol. The van der Waals surface area contributed by atoms with Gasteiger partial charge in [0.05, 0.1) is 5.54 Å². The van der Waals surface area contributed by atoms with Gasteiger partial charge < -0.3 is 15.2 Å². The fraction of sp³-hybridized carbons (Fsp3) is 0.381. The summed E-state index contributed by atoms with van der Waals surface area (Å²) in [6.45, 7) is 4.43. The lowest BCUT2D eigenvalue weighted by molar-refractivity contribution is 0.103. The van der Waals surface area contributed by atoms with Crippen molar-refractivity contribution < 1.29 is 9.84 Å². The largest absolute Gasteiger partial charge is 0.508 e. The number of aliphatic imine (C=N–C) groups is 1. The zero-order valence-electron chi connectivity index (χ0n) is 15.3. The van der Waals surface area contributed by atoms with Crippen LogP contribution in [0.25, 0.3) is 0 Å². The number of phenols is 1. The van der Waals surface area contributed by atoms with Gasteiger partial charge in [0, 0.05) is 23.6 Å². The molecule has 2 heterocycles. The summed E-state index contributed by atoms with van der Waals surface area (Å²) < 4.78 is 6.31. The first kappa shape index (κ1) is 17.3. The number of rotatable bonds is 1. The smallest absolute Gasteiger partial charge is 0.157 e. The van der Waals surface area contributed by atoms with Crippen molar-refractivity contribution >= 4 is 16.9 Å². The van der Waals surface area contributed by atoms with Crippen molar-refractivity contribution in [2.24, 2.45) is 4.99 Å². The van der Waals surface area contributed by atoms with Crippen LogP contribution in [0.3, 0.4) is 0 Å². The minimum atomic E-state index is -0.366. The van der Waals surface area contributed by atoms with Crippen LogP contribution >= 0.6 is 11.8 Å². The molecule has 0 saturated heterocycles. The van der Waals surface area contributed by atoms with Gasteiger partial charge in [0.25, 0.3) is 0 Å². The van der Waals surface area contributed by atoms with Crippen molar-refractivity contribution in [1.82, 2.24) is 5.32 Å². The summed E-state index contributed by atoms with van der Waals surface area (Å²) in [6, 6.07) is 15.7. The fourth-order valence-electron chi connectivity index (χ4n) is 4.15. The van der Waals surface area contributed by atoms with Crippen LogP contribution in [0.15, 0.2) is 53.5 Å². The van der Waals surface area contributed by atoms with E-state index in [-0.39, 0.29) is 22.9 Å². The molecule has 2 aliphatic heterocycles. The Balaban J connectivity index is 1.87. The van der Waals surface area contributed by atoms with Gasteiger partial charge in [-0.3, -0.25) is 4.99 Å². The lowest BCUT2D eigenvalue weighted by atomic mass is 9.72. The van der Waals surface area contributed by atoms with Crippen molar-refractivity contribution in [3.05, 3.63) is 59.7 Å². The maximum Gasteiger partial charge on any atom is 0.157 e. The number of phenolic OH excluding ortho intramolecular Hbond substituents is 1. The molecule has 1 spiro atoms. The molecule has 2 aliphatic rings. The predicted octanol–water partition coefficient (Wildman–Crippen LogP) is 4.60. The fourth-order valence-corrected chi connectivity index (χ4v) is 4.80. The van der Waals surface area contributed by atoms with Gasteiger partial charge in [-0.25, -0.2) is 0 Å². The van der Waals surface area contributed by atoms with Crippen LogP contribution in [0.4, 0.5) is 0 Å². The second-order valence-corrected chi connectivity index (χ2v) is 8.54. The average molecular weight is 369 g/mol. The van der Waals surface area contributed by atoms with E-state index >= 15 is 0 Å². The first-order valence-corrected chi connectivity index (χ1v) is 10.1. The Bertz CT molecular complexity index is 850. The molecule has 2 aromatic carbocycles. The molecule has 2 N–H and O–H groups in total. The van der Waals surface area contributed by atoms with Gasteiger partial charge in [0.2, 0.25) is 0 Å². The average Bonchev–Trinajstić information content (AvgIpc) is 2.60. The topological polar surface area (TPSA) is 53.9 Å². The van der Waals surface area contributed by atoms with E-state index in [1.54, 1.807) is 23.9 Å². The Hall–Kier alpha value is -2.14. The van der Waals surface area contributed by atoms with Gasteiger partial charge >= 0.3 is 0 Å². The summed E-state index contributed by atoms with van der Waals surface area (Å²) in [4.78, 5) is 5.14. The van der Waals surface area contributed by atoms with E-state index in [0.717, 1.165) is 34.9 Å². The van der Waals surface area contributed by atoms with E-state index in [1.165, 1.54) is 0 Å². The highest BCUT2D eigenvalue weighted by Gasteiger charge is 2.48. The minimum Gasteiger partial charge on any atom is -0.508 e. The maximum absolute atomic E-state index is 10.0. The van der Waals surface area contributed by atoms with Crippen LogP contribution in [0, 0.1) is 0 Å². The number of hydrogen-bond donors (Lipinski definition) is 2. The highest BCUT2D eigenvalue weighted by molar-refractivity contribution is 8.13. The van der Waals surface area contributed by atoms with Gasteiger partial charge in [-0.1, -0.05) is 42.1 Å². The number of aromatic hydroxyl groups is 1. The summed E-state index contributed by atoms with van der Waals surface area (Å²) in [5, 5.41) is 14.5. The van der Waals surface area contributed by atoms with Gasteiger partial charge in [0.1, 0.15) is 17.6 Å². The third-order valence-electron chi connectivity index (χ3n) is 5.12. The van der Waals surface area contributed by atoms with Crippen molar-refractivity contribution in [3.63, 3.8) is 0 Å². The molecule has 0 aliphatic carbocycles. The van der Waals surface area contributed by atoms with Crippen molar-refractivity contribution in [1.29, 1.82) is 0 Å². The third kappa shape index (κ3) is 3.05. The molecule has 136 valence electrons. The number of benzene rings is 2.